The highest BCUT2D eigenvalue weighted by Gasteiger charge is 2.13. The molecule has 0 saturated heterocycles. The molecular weight excluding hydrogens is 200 g/mol. The standard InChI is InChI=1S/C12H16N4/c1-7-10(13)5-6-11(14-7)12-8(2)15-16(4)9(12)3/h5-6H,13H2,1-4H3. The second kappa shape index (κ2) is 3.63. The number of nitrogens with zero attached hydrogens (tertiary/aromatic N) is 3. The van der Waals surface area contributed by atoms with Crippen molar-refractivity contribution in [2.24, 2.45) is 7.05 Å². The molecular formula is C12H16N4. The summed E-state index contributed by atoms with van der Waals surface area (Å²) < 4.78 is 1.87. The van der Waals surface area contributed by atoms with E-state index in [1.165, 1.54) is 0 Å². The third kappa shape index (κ3) is 1.56. The number of nitrogen functional groups attached to an aromatic ring is 1. The summed E-state index contributed by atoms with van der Waals surface area (Å²) in [5, 5.41) is 4.38. The van der Waals surface area contributed by atoms with Crippen LogP contribution in [0.5, 0.6) is 0 Å². The van der Waals surface area contributed by atoms with Gasteiger partial charge < -0.3 is 5.73 Å². The van der Waals surface area contributed by atoms with E-state index in [1.54, 1.807) is 0 Å². The van der Waals surface area contributed by atoms with Gasteiger partial charge in [0.25, 0.3) is 0 Å². The van der Waals surface area contributed by atoms with E-state index < -0.39 is 0 Å². The predicted octanol–water partition coefficient (Wildman–Crippen LogP) is 1.99. The van der Waals surface area contributed by atoms with Crippen LogP contribution < -0.4 is 5.73 Å². The number of aryl methyl sites for hydroxylation is 3. The Labute approximate surface area is 95.1 Å². The molecule has 16 heavy (non-hydrogen) atoms. The van der Waals surface area contributed by atoms with E-state index in [0.29, 0.717) is 0 Å². The Morgan fingerprint density at radius 3 is 2.31 bits per heavy atom. The van der Waals surface area contributed by atoms with Crippen molar-refractivity contribution in [3.8, 4) is 11.3 Å². The van der Waals surface area contributed by atoms with E-state index in [-0.39, 0.29) is 0 Å². The lowest BCUT2D eigenvalue weighted by molar-refractivity contribution is 0.731. The zero-order chi connectivity index (χ0) is 11.9. The maximum absolute atomic E-state index is 5.76. The third-order valence-electron chi connectivity index (χ3n) is 2.89. The molecule has 2 aromatic heterocycles. The van der Waals surface area contributed by atoms with Gasteiger partial charge in [0, 0.05) is 18.3 Å². The Balaban J connectivity index is 2.63. The summed E-state index contributed by atoms with van der Waals surface area (Å²) in [7, 11) is 1.94. The molecule has 0 amide bonds. The Kier molecular flexibility index (Phi) is 2.42. The molecule has 0 radical (unpaired) electrons. The summed E-state index contributed by atoms with van der Waals surface area (Å²) in [6, 6.07) is 3.84. The third-order valence-corrected chi connectivity index (χ3v) is 2.89. The fourth-order valence-corrected chi connectivity index (χ4v) is 1.86. The predicted molar refractivity (Wildman–Crippen MR) is 65.1 cm³/mol. The van der Waals surface area contributed by atoms with Crippen LogP contribution in [0.2, 0.25) is 0 Å². The van der Waals surface area contributed by atoms with Crippen molar-refractivity contribution < 1.29 is 0 Å². The van der Waals surface area contributed by atoms with E-state index in [1.807, 2.05) is 44.6 Å². The maximum Gasteiger partial charge on any atom is 0.0743 e. The zero-order valence-corrected chi connectivity index (χ0v) is 10.1. The average Bonchev–Trinajstić information content (AvgIpc) is 2.47. The average molecular weight is 216 g/mol. The molecule has 0 fully saturated rings. The molecule has 0 aliphatic rings. The van der Waals surface area contributed by atoms with E-state index >= 15 is 0 Å². The molecule has 0 spiro atoms. The number of hydrogen-bond donors (Lipinski definition) is 1. The van der Waals surface area contributed by atoms with Crippen LogP contribution in [-0.2, 0) is 7.05 Å². The summed E-state index contributed by atoms with van der Waals surface area (Å²) in [5.41, 5.74) is 11.5. The first kappa shape index (κ1) is 10.7. The molecule has 0 atom stereocenters. The zero-order valence-electron chi connectivity index (χ0n) is 10.1. The molecule has 0 unspecified atom stereocenters. The molecule has 4 heteroatoms. The first-order valence-electron chi connectivity index (χ1n) is 5.24. The van der Waals surface area contributed by atoms with Crippen LogP contribution in [0.25, 0.3) is 11.3 Å². The highest BCUT2D eigenvalue weighted by molar-refractivity contribution is 5.66. The highest BCUT2D eigenvalue weighted by atomic mass is 15.3. The van der Waals surface area contributed by atoms with Gasteiger partial charge in [-0.15, -0.1) is 0 Å². The minimum atomic E-state index is 0.725. The summed E-state index contributed by atoms with van der Waals surface area (Å²) in [5.74, 6) is 0. The summed E-state index contributed by atoms with van der Waals surface area (Å²) >= 11 is 0. The molecule has 0 saturated carbocycles. The van der Waals surface area contributed by atoms with Crippen LogP contribution in [0.3, 0.4) is 0 Å². The lowest BCUT2D eigenvalue weighted by atomic mass is 10.1. The van der Waals surface area contributed by atoms with Crippen LogP contribution in [0.1, 0.15) is 17.1 Å². The van der Waals surface area contributed by atoms with Crippen LogP contribution in [0.4, 0.5) is 5.69 Å². The maximum atomic E-state index is 5.76. The van der Waals surface area contributed by atoms with Crippen molar-refractivity contribution in [1.29, 1.82) is 0 Å². The Morgan fingerprint density at radius 1 is 1.12 bits per heavy atom. The second-order valence-corrected chi connectivity index (χ2v) is 4.04. The lowest BCUT2D eigenvalue weighted by Gasteiger charge is -2.04. The number of nitrogens with two attached hydrogens (primary N) is 1. The molecule has 0 aliphatic carbocycles. The molecule has 4 nitrogen and oxygen atoms in total. The van der Waals surface area contributed by atoms with Crippen molar-refractivity contribution in [1.82, 2.24) is 14.8 Å². The van der Waals surface area contributed by atoms with Crippen molar-refractivity contribution >= 4 is 5.69 Å². The number of hydrogen-bond acceptors (Lipinski definition) is 3. The van der Waals surface area contributed by atoms with Gasteiger partial charge in [-0.2, -0.15) is 5.10 Å². The van der Waals surface area contributed by atoms with Crippen LogP contribution in [0, 0.1) is 20.8 Å². The fraction of sp³-hybridized carbons (Fsp3) is 0.333. The first-order valence-corrected chi connectivity index (χ1v) is 5.24. The molecule has 0 aliphatic heterocycles. The van der Waals surface area contributed by atoms with Crippen molar-refractivity contribution in [2.45, 2.75) is 20.8 Å². The van der Waals surface area contributed by atoms with Crippen LogP contribution >= 0.6 is 0 Å². The topological polar surface area (TPSA) is 56.7 Å². The minimum Gasteiger partial charge on any atom is -0.397 e. The number of rotatable bonds is 1. The molecule has 2 rings (SSSR count). The van der Waals surface area contributed by atoms with Gasteiger partial charge in [-0.1, -0.05) is 0 Å². The van der Waals surface area contributed by atoms with Gasteiger partial charge in [-0.3, -0.25) is 9.67 Å². The van der Waals surface area contributed by atoms with Gasteiger partial charge in [0.15, 0.2) is 0 Å². The van der Waals surface area contributed by atoms with E-state index in [2.05, 4.69) is 10.1 Å². The quantitative estimate of drug-likeness (QED) is 0.793. The monoisotopic (exact) mass is 216 g/mol. The van der Waals surface area contributed by atoms with Gasteiger partial charge >= 0.3 is 0 Å². The van der Waals surface area contributed by atoms with Crippen LogP contribution in [-0.4, -0.2) is 14.8 Å². The van der Waals surface area contributed by atoms with Gasteiger partial charge in [-0.05, 0) is 32.9 Å². The minimum absolute atomic E-state index is 0.725. The van der Waals surface area contributed by atoms with Crippen molar-refractivity contribution in [3.63, 3.8) is 0 Å². The summed E-state index contributed by atoms with van der Waals surface area (Å²) in [6.45, 7) is 5.96. The first-order chi connectivity index (χ1) is 7.50. The van der Waals surface area contributed by atoms with Gasteiger partial charge in [0.1, 0.15) is 0 Å². The second-order valence-electron chi connectivity index (χ2n) is 4.04. The van der Waals surface area contributed by atoms with Crippen molar-refractivity contribution in [3.05, 3.63) is 29.2 Å². The molecule has 0 aromatic carbocycles. The molecule has 2 heterocycles. The van der Waals surface area contributed by atoms with E-state index in [0.717, 1.165) is 34.0 Å². The van der Waals surface area contributed by atoms with Crippen LogP contribution in [0.15, 0.2) is 12.1 Å². The molecule has 2 aromatic rings. The highest BCUT2D eigenvalue weighted by Crippen LogP contribution is 2.25. The number of pyridine rings is 1. The van der Waals surface area contributed by atoms with Crippen molar-refractivity contribution in [2.75, 3.05) is 5.73 Å². The van der Waals surface area contributed by atoms with Gasteiger partial charge in [0.2, 0.25) is 0 Å². The molecule has 84 valence electrons. The lowest BCUT2D eigenvalue weighted by Crippen LogP contribution is -1.96. The summed E-state index contributed by atoms with van der Waals surface area (Å²) in [6.07, 6.45) is 0. The Bertz CT molecular complexity index is 540. The molecule has 0 bridgehead atoms. The van der Waals surface area contributed by atoms with E-state index in [4.69, 9.17) is 5.73 Å². The number of aromatic nitrogens is 3. The molecule has 2 N–H and O–H groups in total. The van der Waals surface area contributed by atoms with Gasteiger partial charge in [-0.25, -0.2) is 0 Å². The summed E-state index contributed by atoms with van der Waals surface area (Å²) in [4.78, 5) is 4.50. The van der Waals surface area contributed by atoms with Gasteiger partial charge in [0.05, 0.1) is 22.8 Å². The Morgan fingerprint density at radius 2 is 1.81 bits per heavy atom. The largest absolute Gasteiger partial charge is 0.397 e. The number of anilines is 1. The SMILES string of the molecule is Cc1nc(-c2c(C)nn(C)c2C)ccc1N. The fourth-order valence-electron chi connectivity index (χ4n) is 1.86. The van der Waals surface area contributed by atoms with E-state index in [9.17, 15) is 0 Å². The smallest absolute Gasteiger partial charge is 0.0743 e. The Hall–Kier alpha value is -1.84. The normalized spacial score (nSPS) is 10.8.